The van der Waals surface area contributed by atoms with Crippen LogP contribution >= 0.6 is 15.9 Å². The highest BCUT2D eigenvalue weighted by Gasteiger charge is 2.10. The lowest BCUT2D eigenvalue weighted by molar-refractivity contribution is 0.102. The van der Waals surface area contributed by atoms with E-state index in [2.05, 4.69) is 31.4 Å². The fourth-order valence-corrected chi connectivity index (χ4v) is 2.42. The molecule has 5 heteroatoms. The number of halogens is 1. The van der Waals surface area contributed by atoms with Gasteiger partial charge in [0.1, 0.15) is 0 Å². The molecule has 1 heterocycles. The van der Waals surface area contributed by atoms with Gasteiger partial charge in [-0.15, -0.1) is 0 Å². The first-order valence-corrected chi connectivity index (χ1v) is 6.52. The van der Waals surface area contributed by atoms with Crippen LogP contribution < -0.4 is 5.32 Å². The van der Waals surface area contributed by atoms with Crippen molar-refractivity contribution in [1.29, 1.82) is 0 Å². The number of H-pyrrole nitrogens is 1. The number of hydrogen-bond acceptors (Lipinski definition) is 2. The van der Waals surface area contributed by atoms with Gasteiger partial charge in [-0.05, 0) is 17.5 Å². The molecule has 4 nitrogen and oxygen atoms in total. The number of anilines is 1. The Morgan fingerprint density at radius 3 is 2.68 bits per heavy atom. The van der Waals surface area contributed by atoms with Gasteiger partial charge in [0.25, 0.3) is 5.91 Å². The predicted molar refractivity (Wildman–Crippen MR) is 78.2 cm³/mol. The van der Waals surface area contributed by atoms with Gasteiger partial charge in [-0.25, -0.2) is 0 Å². The lowest BCUT2D eigenvalue weighted by atomic mass is 10.1. The summed E-state index contributed by atoms with van der Waals surface area (Å²) in [5.41, 5.74) is 1.29. The molecule has 0 saturated heterocycles. The van der Waals surface area contributed by atoms with Crippen LogP contribution in [0.5, 0.6) is 0 Å². The van der Waals surface area contributed by atoms with E-state index < -0.39 is 0 Å². The Morgan fingerprint density at radius 1 is 1.16 bits per heavy atom. The van der Waals surface area contributed by atoms with Crippen LogP contribution in [0.3, 0.4) is 0 Å². The number of carbonyl (C=O) groups excluding carboxylic acids is 1. The molecule has 0 radical (unpaired) electrons. The van der Waals surface area contributed by atoms with Crippen molar-refractivity contribution < 1.29 is 4.79 Å². The Kier molecular flexibility index (Phi) is 3.05. The molecule has 19 heavy (non-hydrogen) atoms. The number of fused-ring (bicyclic) bond motifs is 1. The summed E-state index contributed by atoms with van der Waals surface area (Å²) < 4.78 is 1.00. The standard InChI is InChI=1S/C14H10BrN3O/c15-12-5-6-13(11-4-2-1-3-10(11)12)18-14(19)9-7-16-17-8-9/h1-8H,(H,16,17)(H,18,19). The minimum Gasteiger partial charge on any atom is -0.321 e. The molecule has 0 aliphatic heterocycles. The molecular formula is C14H10BrN3O. The molecule has 0 bridgehead atoms. The second-order valence-electron chi connectivity index (χ2n) is 4.08. The largest absolute Gasteiger partial charge is 0.321 e. The average Bonchev–Trinajstić information content (AvgIpc) is 2.96. The predicted octanol–water partition coefficient (Wildman–Crippen LogP) is 3.58. The van der Waals surface area contributed by atoms with E-state index >= 15 is 0 Å². The molecule has 2 N–H and O–H groups in total. The van der Waals surface area contributed by atoms with Crippen molar-refractivity contribution in [2.45, 2.75) is 0 Å². The van der Waals surface area contributed by atoms with Crippen LogP contribution in [0.2, 0.25) is 0 Å². The van der Waals surface area contributed by atoms with Crippen LogP contribution in [0.4, 0.5) is 5.69 Å². The highest BCUT2D eigenvalue weighted by atomic mass is 79.9. The minimum absolute atomic E-state index is 0.179. The first-order valence-electron chi connectivity index (χ1n) is 5.73. The first kappa shape index (κ1) is 11.9. The van der Waals surface area contributed by atoms with Crippen LogP contribution in [0.1, 0.15) is 10.4 Å². The zero-order chi connectivity index (χ0) is 13.2. The topological polar surface area (TPSA) is 57.8 Å². The first-order chi connectivity index (χ1) is 9.25. The summed E-state index contributed by atoms with van der Waals surface area (Å²) in [5, 5.41) is 11.3. The summed E-state index contributed by atoms with van der Waals surface area (Å²) in [5.74, 6) is -0.179. The highest BCUT2D eigenvalue weighted by molar-refractivity contribution is 9.10. The van der Waals surface area contributed by atoms with E-state index in [1.165, 1.54) is 6.20 Å². The van der Waals surface area contributed by atoms with Gasteiger partial charge in [0.15, 0.2) is 0 Å². The maximum Gasteiger partial charge on any atom is 0.258 e. The zero-order valence-corrected chi connectivity index (χ0v) is 11.4. The van der Waals surface area contributed by atoms with Gasteiger partial charge in [0, 0.05) is 21.7 Å². The molecule has 1 amide bonds. The minimum atomic E-state index is -0.179. The van der Waals surface area contributed by atoms with Crippen molar-refractivity contribution in [1.82, 2.24) is 10.2 Å². The van der Waals surface area contributed by atoms with E-state index in [9.17, 15) is 4.79 Å². The van der Waals surface area contributed by atoms with E-state index in [4.69, 9.17) is 0 Å². The summed E-state index contributed by atoms with van der Waals surface area (Å²) in [4.78, 5) is 12.0. The van der Waals surface area contributed by atoms with Gasteiger partial charge in [-0.3, -0.25) is 9.89 Å². The third-order valence-electron chi connectivity index (χ3n) is 2.88. The van der Waals surface area contributed by atoms with E-state index in [0.717, 1.165) is 20.9 Å². The van der Waals surface area contributed by atoms with Gasteiger partial charge >= 0.3 is 0 Å². The Hall–Kier alpha value is -2.14. The number of nitrogens with zero attached hydrogens (tertiary/aromatic N) is 1. The van der Waals surface area contributed by atoms with Crippen molar-refractivity contribution in [3.63, 3.8) is 0 Å². The monoisotopic (exact) mass is 315 g/mol. The third kappa shape index (κ3) is 2.24. The number of benzene rings is 2. The Bertz CT molecular complexity index is 738. The van der Waals surface area contributed by atoms with Crippen LogP contribution in [0.25, 0.3) is 10.8 Å². The normalized spacial score (nSPS) is 10.6. The van der Waals surface area contributed by atoms with Gasteiger partial charge < -0.3 is 5.32 Å². The molecule has 0 saturated carbocycles. The lowest BCUT2D eigenvalue weighted by Gasteiger charge is -2.09. The number of carbonyl (C=O) groups is 1. The maximum atomic E-state index is 12.0. The molecule has 2 aromatic carbocycles. The van der Waals surface area contributed by atoms with Crippen LogP contribution in [0, 0.1) is 0 Å². The van der Waals surface area contributed by atoms with Gasteiger partial charge in [0.2, 0.25) is 0 Å². The molecule has 94 valence electrons. The van der Waals surface area contributed by atoms with E-state index in [1.54, 1.807) is 6.20 Å². The number of aromatic amines is 1. The second-order valence-corrected chi connectivity index (χ2v) is 4.94. The molecule has 1 aromatic heterocycles. The number of rotatable bonds is 2. The van der Waals surface area contributed by atoms with Gasteiger partial charge in [-0.1, -0.05) is 40.2 Å². The van der Waals surface area contributed by atoms with Gasteiger partial charge in [-0.2, -0.15) is 5.10 Å². The quantitative estimate of drug-likeness (QED) is 0.759. The molecule has 0 atom stereocenters. The SMILES string of the molecule is O=C(Nc1ccc(Br)c2ccccc12)c1cn[nH]c1. The fraction of sp³-hybridized carbons (Fsp3) is 0. The Balaban J connectivity index is 2.02. The smallest absolute Gasteiger partial charge is 0.258 e. The van der Waals surface area contributed by atoms with E-state index in [0.29, 0.717) is 5.56 Å². The molecule has 3 rings (SSSR count). The molecule has 3 aromatic rings. The van der Waals surface area contributed by atoms with Crippen molar-refractivity contribution in [3.8, 4) is 0 Å². The number of hydrogen-bond donors (Lipinski definition) is 2. The molecule has 0 aliphatic rings. The molecule has 0 spiro atoms. The lowest BCUT2D eigenvalue weighted by Crippen LogP contribution is -2.11. The maximum absolute atomic E-state index is 12.0. The van der Waals surface area contributed by atoms with Crippen molar-refractivity contribution >= 4 is 38.3 Å². The number of amides is 1. The van der Waals surface area contributed by atoms with Crippen molar-refractivity contribution in [3.05, 3.63) is 58.8 Å². The fourth-order valence-electron chi connectivity index (χ4n) is 1.94. The van der Waals surface area contributed by atoms with Crippen LogP contribution in [-0.2, 0) is 0 Å². The number of nitrogens with one attached hydrogen (secondary N) is 2. The van der Waals surface area contributed by atoms with Crippen molar-refractivity contribution in [2.24, 2.45) is 0 Å². The zero-order valence-electron chi connectivity index (χ0n) is 9.85. The summed E-state index contributed by atoms with van der Waals surface area (Å²) in [6.45, 7) is 0. The summed E-state index contributed by atoms with van der Waals surface area (Å²) in [7, 11) is 0. The molecule has 0 fully saturated rings. The summed E-state index contributed by atoms with van der Waals surface area (Å²) >= 11 is 3.51. The Morgan fingerprint density at radius 2 is 1.95 bits per heavy atom. The number of aromatic nitrogens is 2. The summed E-state index contributed by atoms with van der Waals surface area (Å²) in [6.07, 6.45) is 3.06. The van der Waals surface area contributed by atoms with Crippen LogP contribution in [0.15, 0.2) is 53.3 Å². The third-order valence-corrected chi connectivity index (χ3v) is 3.57. The van der Waals surface area contributed by atoms with E-state index in [1.807, 2.05) is 36.4 Å². The second kappa shape index (κ2) is 4.85. The van der Waals surface area contributed by atoms with Crippen LogP contribution in [-0.4, -0.2) is 16.1 Å². The Labute approximate surface area is 118 Å². The molecule has 0 aliphatic carbocycles. The summed E-state index contributed by atoms with van der Waals surface area (Å²) in [6, 6.07) is 11.7. The highest BCUT2D eigenvalue weighted by Crippen LogP contribution is 2.30. The molecule has 0 unspecified atom stereocenters. The van der Waals surface area contributed by atoms with E-state index in [-0.39, 0.29) is 5.91 Å². The van der Waals surface area contributed by atoms with Crippen molar-refractivity contribution in [2.75, 3.05) is 5.32 Å². The molecular weight excluding hydrogens is 306 g/mol. The van der Waals surface area contributed by atoms with Gasteiger partial charge in [0.05, 0.1) is 11.8 Å². The average molecular weight is 316 g/mol.